The van der Waals surface area contributed by atoms with Gasteiger partial charge in [-0.1, -0.05) is 24.3 Å². The topological polar surface area (TPSA) is 98.0 Å². The first-order valence-electron chi connectivity index (χ1n) is 12.7. The second kappa shape index (κ2) is 10.3. The van der Waals surface area contributed by atoms with Gasteiger partial charge in [-0.2, -0.15) is 5.26 Å². The van der Waals surface area contributed by atoms with E-state index in [1.807, 2.05) is 30.6 Å². The number of hydrogen-bond donors (Lipinski definition) is 1. The molecule has 8 nitrogen and oxygen atoms in total. The van der Waals surface area contributed by atoms with E-state index in [0.29, 0.717) is 18.4 Å². The summed E-state index contributed by atoms with van der Waals surface area (Å²) in [5.74, 6) is 0.434. The van der Waals surface area contributed by atoms with Crippen LogP contribution in [0.1, 0.15) is 70.4 Å². The van der Waals surface area contributed by atoms with Gasteiger partial charge >= 0.3 is 0 Å². The molecule has 1 N–H and O–H groups in total. The lowest BCUT2D eigenvalue weighted by atomic mass is 9.88. The molecule has 4 rings (SSSR count). The minimum atomic E-state index is -0.610. The average Bonchev–Trinajstić information content (AvgIpc) is 3.02. The number of nitrogens with zero attached hydrogens (tertiary/aromatic N) is 4. The van der Waals surface area contributed by atoms with Crippen molar-refractivity contribution in [1.29, 1.82) is 5.26 Å². The van der Waals surface area contributed by atoms with Gasteiger partial charge in [0.2, 0.25) is 11.8 Å². The number of nitriles is 1. The molecule has 0 spiro atoms. The normalized spacial score (nSPS) is 23.3. The molecule has 0 aromatic heterocycles. The van der Waals surface area contributed by atoms with E-state index >= 15 is 0 Å². The van der Waals surface area contributed by atoms with E-state index in [4.69, 9.17) is 4.74 Å². The first-order valence-corrected chi connectivity index (χ1v) is 12.7. The lowest BCUT2D eigenvalue weighted by Crippen LogP contribution is -2.55. The number of aliphatic imine (C=N–C) groups is 1. The molecule has 0 radical (unpaired) electrons. The second-order valence-corrected chi connectivity index (χ2v) is 10.9. The summed E-state index contributed by atoms with van der Waals surface area (Å²) in [6.07, 6.45) is 4.21. The molecule has 8 heteroatoms. The summed E-state index contributed by atoms with van der Waals surface area (Å²) >= 11 is 0. The summed E-state index contributed by atoms with van der Waals surface area (Å²) in [6.45, 7) is 9.88. The van der Waals surface area contributed by atoms with E-state index in [0.717, 1.165) is 50.9 Å². The molecular formula is C27H37N5O3. The van der Waals surface area contributed by atoms with Gasteiger partial charge in [0, 0.05) is 33.0 Å². The molecule has 3 heterocycles. The van der Waals surface area contributed by atoms with Crippen LogP contribution in [0.4, 0.5) is 0 Å². The van der Waals surface area contributed by atoms with Crippen LogP contribution in [-0.2, 0) is 20.7 Å². The first kappa shape index (κ1) is 25.0. The third kappa shape index (κ3) is 5.95. The maximum atomic E-state index is 13.2. The highest BCUT2D eigenvalue weighted by Gasteiger charge is 2.45. The van der Waals surface area contributed by atoms with Gasteiger partial charge in [0.15, 0.2) is 0 Å². The maximum Gasteiger partial charge on any atom is 0.288 e. The molecule has 3 aliphatic heterocycles. The molecule has 2 fully saturated rings. The maximum absolute atomic E-state index is 13.2. The van der Waals surface area contributed by atoms with Gasteiger partial charge in [-0.25, -0.2) is 4.99 Å². The monoisotopic (exact) mass is 479 g/mol. The number of amides is 2. The highest BCUT2D eigenvalue weighted by Crippen LogP contribution is 2.30. The SMILES string of the molecule is CC(=O)N1CCC(c2ccc(CC(C#N)NC(=O)[C@@H]3[C@H]4CCCN3C(OC(C)(C)C)=N4)cc2)CC1. The number of fused-ring (bicyclic) bond motifs is 2. The zero-order valence-electron chi connectivity index (χ0n) is 21.3. The lowest BCUT2D eigenvalue weighted by Gasteiger charge is -2.34. The van der Waals surface area contributed by atoms with Gasteiger partial charge in [0.05, 0.1) is 12.1 Å². The van der Waals surface area contributed by atoms with Crippen LogP contribution in [0, 0.1) is 11.3 Å². The molecule has 2 saturated heterocycles. The first-order chi connectivity index (χ1) is 16.6. The number of benzene rings is 1. The van der Waals surface area contributed by atoms with Crippen molar-refractivity contribution in [2.45, 2.75) is 89.4 Å². The van der Waals surface area contributed by atoms with Crippen molar-refractivity contribution < 1.29 is 14.3 Å². The second-order valence-electron chi connectivity index (χ2n) is 10.9. The van der Waals surface area contributed by atoms with Crippen molar-refractivity contribution in [2.24, 2.45) is 4.99 Å². The van der Waals surface area contributed by atoms with E-state index in [2.05, 4.69) is 40.6 Å². The molecule has 188 valence electrons. The fourth-order valence-corrected chi connectivity index (χ4v) is 5.29. The Hall–Kier alpha value is -3.08. The molecule has 1 aromatic rings. The standard InChI is InChI=1S/C27H37N5O3/c1-18(33)31-14-11-21(12-15-31)20-9-7-19(8-10-20)16-22(17-28)29-25(34)24-23-6-5-13-32(24)26(30-23)35-27(2,3)4/h7-10,21-24H,5-6,11-16H2,1-4H3,(H,29,34)/t22?,23-,24+/m1/s1. The molecule has 2 amide bonds. The van der Waals surface area contributed by atoms with Crippen LogP contribution < -0.4 is 5.32 Å². The van der Waals surface area contributed by atoms with Crippen LogP contribution >= 0.6 is 0 Å². The van der Waals surface area contributed by atoms with Crippen molar-refractivity contribution in [2.75, 3.05) is 19.6 Å². The number of carbonyl (C=O) groups excluding carboxylic acids is 2. The third-order valence-electron chi connectivity index (χ3n) is 7.09. The number of hydrogen-bond acceptors (Lipinski definition) is 6. The molecule has 3 atom stereocenters. The molecule has 2 bridgehead atoms. The summed E-state index contributed by atoms with van der Waals surface area (Å²) < 4.78 is 6.01. The number of rotatable bonds is 5. The van der Waals surface area contributed by atoms with Crippen molar-refractivity contribution in [3.63, 3.8) is 0 Å². The number of amidine groups is 1. The van der Waals surface area contributed by atoms with Gasteiger partial charge in [-0.05, 0) is 63.5 Å². The van der Waals surface area contributed by atoms with Crippen LogP contribution in [0.15, 0.2) is 29.3 Å². The van der Waals surface area contributed by atoms with E-state index < -0.39 is 12.1 Å². The number of likely N-dealkylation sites (tertiary alicyclic amines) is 1. The van der Waals surface area contributed by atoms with Gasteiger partial charge in [-0.15, -0.1) is 0 Å². The number of nitrogens with one attached hydrogen (secondary N) is 1. The third-order valence-corrected chi connectivity index (χ3v) is 7.09. The smallest absolute Gasteiger partial charge is 0.288 e. The van der Waals surface area contributed by atoms with Crippen molar-refractivity contribution in [1.82, 2.24) is 15.1 Å². The number of carbonyl (C=O) groups is 2. The molecule has 3 aliphatic rings. The molecule has 35 heavy (non-hydrogen) atoms. The zero-order chi connectivity index (χ0) is 25.2. The van der Waals surface area contributed by atoms with E-state index in [-0.39, 0.29) is 23.5 Å². The molecule has 0 aliphatic carbocycles. The minimum Gasteiger partial charge on any atom is -0.459 e. The lowest BCUT2D eigenvalue weighted by molar-refractivity contribution is -0.130. The molecule has 1 aromatic carbocycles. The predicted molar refractivity (Wildman–Crippen MR) is 134 cm³/mol. The van der Waals surface area contributed by atoms with Crippen LogP contribution in [0.25, 0.3) is 0 Å². The van der Waals surface area contributed by atoms with Gasteiger partial charge in [0.25, 0.3) is 6.02 Å². The largest absolute Gasteiger partial charge is 0.459 e. The highest BCUT2D eigenvalue weighted by atomic mass is 16.5. The Labute approximate surface area is 208 Å². The Morgan fingerprint density at radius 2 is 1.86 bits per heavy atom. The van der Waals surface area contributed by atoms with E-state index in [9.17, 15) is 14.9 Å². The summed E-state index contributed by atoms with van der Waals surface area (Å²) in [5, 5.41) is 12.7. The van der Waals surface area contributed by atoms with Crippen LogP contribution in [-0.4, -0.2) is 71.0 Å². The van der Waals surface area contributed by atoms with Crippen LogP contribution in [0.3, 0.4) is 0 Å². The number of ether oxygens (including phenoxy) is 1. The summed E-state index contributed by atoms with van der Waals surface area (Å²) in [6, 6.07) is 9.99. The fraction of sp³-hybridized carbons (Fsp3) is 0.630. The average molecular weight is 480 g/mol. The molecule has 1 unspecified atom stereocenters. The Morgan fingerprint density at radius 3 is 2.46 bits per heavy atom. The van der Waals surface area contributed by atoms with E-state index in [1.165, 1.54) is 5.56 Å². The Balaban J connectivity index is 1.33. The van der Waals surface area contributed by atoms with Gasteiger partial charge in [0.1, 0.15) is 17.7 Å². The molecule has 0 saturated carbocycles. The van der Waals surface area contributed by atoms with Gasteiger partial charge < -0.3 is 19.9 Å². The van der Waals surface area contributed by atoms with Crippen molar-refractivity contribution in [3.05, 3.63) is 35.4 Å². The zero-order valence-corrected chi connectivity index (χ0v) is 21.3. The fourth-order valence-electron chi connectivity index (χ4n) is 5.29. The number of piperidine rings is 2. The summed E-state index contributed by atoms with van der Waals surface area (Å²) in [4.78, 5) is 33.3. The summed E-state index contributed by atoms with van der Waals surface area (Å²) in [5.41, 5.74) is 1.90. The van der Waals surface area contributed by atoms with E-state index in [1.54, 1.807) is 6.92 Å². The van der Waals surface area contributed by atoms with Crippen molar-refractivity contribution in [3.8, 4) is 6.07 Å². The molecular weight excluding hydrogens is 442 g/mol. The van der Waals surface area contributed by atoms with Crippen LogP contribution in [0.5, 0.6) is 0 Å². The van der Waals surface area contributed by atoms with Crippen molar-refractivity contribution >= 4 is 17.8 Å². The minimum absolute atomic E-state index is 0.130. The van der Waals surface area contributed by atoms with Gasteiger partial charge in [-0.3, -0.25) is 9.59 Å². The predicted octanol–water partition coefficient (Wildman–Crippen LogP) is 2.98. The summed E-state index contributed by atoms with van der Waals surface area (Å²) in [7, 11) is 0. The Bertz CT molecular complexity index is 999. The van der Waals surface area contributed by atoms with Crippen LogP contribution in [0.2, 0.25) is 0 Å². The Morgan fingerprint density at radius 1 is 1.17 bits per heavy atom. The quantitative estimate of drug-likeness (QED) is 0.700. The Kier molecular flexibility index (Phi) is 7.34. The highest BCUT2D eigenvalue weighted by molar-refractivity contribution is 5.91.